The van der Waals surface area contributed by atoms with E-state index >= 15 is 0 Å². The minimum absolute atomic E-state index is 0.0602. The first-order chi connectivity index (χ1) is 5.61. The lowest BCUT2D eigenvalue weighted by Gasteiger charge is -2.01. The van der Waals surface area contributed by atoms with Crippen LogP contribution in [0.2, 0.25) is 0 Å². The third-order valence-corrected chi connectivity index (χ3v) is 1.50. The van der Waals surface area contributed by atoms with Crippen molar-refractivity contribution in [2.75, 3.05) is 0 Å². The molecule has 0 fully saturated rings. The maximum atomic E-state index is 12.4. The highest BCUT2D eigenvalue weighted by Crippen LogP contribution is 2.05. The first kappa shape index (κ1) is 8.84. The van der Waals surface area contributed by atoms with Crippen LogP contribution in [0.1, 0.15) is 24.3 Å². The van der Waals surface area contributed by atoms with E-state index in [0.29, 0.717) is 5.69 Å². The van der Waals surface area contributed by atoms with E-state index in [1.807, 2.05) is 0 Å². The van der Waals surface area contributed by atoms with Crippen LogP contribution in [0.3, 0.4) is 0 Å². The van der Waals surface area contributed by atoms with Crippen molar-refractivity contribution in [2.45, 2.75) is 13.8 Å². The minimum atomic E-state index is -0.421. The summed E-state index contributed by atoms with van der Waals surface area (Å²) in [7, 11) is 0. The SMILES string of the molecule is CC(C)C(=O)c1ccc(F)cn1. The van der Waals surface area contributed by atoms with Crippen LogP contribution in [-0.4, -0.2) is 10.8 Å². The Kier molecular flexibility index (Phi) is 2.53. The molecule has 0 aliphatic heterocycles. The van der Waals surface area contributed by atoms with E-state index in [2.05, 4.69) is 4.98 Å². The van der Waals surface area contributed by atoms with E-state index in [-0.39, 0.29) is 11.7 Å². The monoisotopic (exact) mass is 167 g/mol. The molecule has 0 saturated carbocycles. The quantitative estimate of drug-likeness (QED) is 0.631. The number of ketones is 1. The molecular weight excluding hydrogens is 157 g/mol. The summed E-state index contributed by atoms with van der Waals surface area (Å²) in [6.07, 6.45) is 1.05. The molecule has 0 aliphatic rings. The van der Waals surface area contributed by atoms with Crippen molar-refractivity contribution in [2.24, 2.45) is 5.92 Å². The Morgan fingerprint density at radius 3 is 2.58 bits per heavy atom. The topological polar surface area (TPSA) is 30.0 Å². The van der Waals surface area contributed by atoms with Gasteiger partial charge >= 0.3 is 0 Å². The average Bonchev–Trinajstić information content (AvgIpc) is 2.04. The zero-order chi connectivity index (χ0) is 9.14. The summed E-state index contributed by atoms with van der Waals surface area (Å²) < 4.78 is 12.4. The normalized spacial score (nSPS) is 10.3. The molecule has 0 spiro atoms. The van der Waals surface area contributed by atoms with Crippen molar-refractivity contribution < 1.29 is 9.18 Å². The van der Waals surface area contributed by atoms with E-state index in [1.165, 1.54) is 12.1 Å². The molecule has 0 radical (unpaired) electrons. The zero-order valence-corrected chi connectivity index (χ0v) is 7.04. The fourth-order valence-corrected chi connectivity index (χ4v) is 0.817. The molecule has 1 aromatic rings. The molecule has 1 heterocycles. The molecular formula is C9H10FNO. The van der Waals surface area contributed by atoms with Gasteiger partial charge in [0.2, 0.25) is 0 Å². The summed E-state index contributed by atoms with van der Waals surface area (Å²) in [5.41, 5.74) is 0.325. The van der Waals surface area contributed by atoms with Crippen LogP contribution in [0.25, 0.3) is 0 Å². The summed E-state index contributed by atoms with van der Waals surface area (Å²) in [5.74, 6) is -0.576. The van der Waals surface area contributed by atoms with Gasteiger partial charge < -0.3 is 0 Å². The average molecular weight is 167 g/mol. The highest BCUT2D eigenvalue weighted by Gasteiger charge is 2.10. The van der Waals surface area contributed by atoms with Crippen LogP contribution in [0, 0.1) is 11.7 Å². The Labute approximate surface area is 70.4 Å². The third kappa shape index (κ3) is 1.87. The molecule has 0 saturated heterocycles. The van der Waals surface area contributed by atoms with Gasteiger partial charge in [-0.05, 0) is 12.1 Å². The molecule has 12 heavy (non-hydrogen) atoms. The van der Waals surface area contributed by atoms with Gasteiger partial charge in [-0.3, -0.25) is 9.78 Å². The summed E-state index contributed by atoms with van der Waals surface area (Å²) >= 11 is 0. The lowest BCUT2D eigenvalue weighted by molar-refractivity contribution is 0.0934. The third-order valence-electron chi connectivity index (χ3n) is 1.50. The standard InChI is InChI=1S/C9H10FNO/c1-6(2)9(12)8-4-3-7(10)5-11-8/h3-6H,1-2H3. The van der Waals surface area contributed by atoms with Crippen molar-refractivity contribution in [3.63, 3.8) is 0 Å². The molecule has 3 heteroatoms. The number of hydrogen-bond donors (Lipinski definition) is 0. The largest absolute Gasteiger partial charge is 0.292 e. The minimum Gasteiger partial charge on any atom is -0.292 e. The van der Waals surface area contributed by atoms with Crippen molar-refractivity contribution >= 4 is 5.78 Å². The van der Waals surface area contributed by atoms with Gasteiger partial charge in [-0.1, -0.05) is 13.8 Å². The van der Waals surface area contributed by atoms with Gasteiger partial charge in [-0.15, -0.1) is 0 Å². The number of carbonyl (C=O) groups excluding carboxylic acids is 1. The number of aromatic nitrogens is 1. The molecule has 64 valence electrons. The van der Waals surface area contributed by atoms with Crippen LogP contribution in [0.5, 0.6) is 0 Å². The Bertz CT molecular complexity index is 279. The second kappa shape index (κ2) is 3.43. The number of carbonyl (C=O) groups is 1. The van der Waals surface area contributed by atoms with Gasteiger partial charge in [-0.2, -0.15) is 0 Å². The van der Waals surface area contributed by atoms with E-state index < -0.39 is 5.82 Å². The number of pyridine rings is 1. The molecule has 0 unspecified atom stereocenters. The molecule has 1 aromatic heterocycles. The summed E-state index contributed by atoms with van der Waals surface area (Å²) in [4.78, 5) is 14.9. The van der Waals surface area contributed by atoms with Crippen LogP contribution in [0.4, 0.5) is 4.39 Å². The molecule has 0 aromatic carbocycles. The molecule has 0 amide bonds. The van der Waals surface area contributed by atoms with E-state index in [1.54, 1.807) is 13.8 Å². The number of hydrogen-bond acceptors (Lipinski definition) is 2. The predicted octanol–water partition coefficient (Wildman–Crippen LogP) is 2.06. The second-order valence-corrected chi connectivity index (χ2v) is 2.88. The van der Waals surface area contributed by atoms with Crippen LogP contribution >= 0.6 is 0 Å². The van der Waals surface area contributed by atoms with Crippen molar-refractivity contribution in [3.05, 3.63) is 29.8 Å². The number of rotatable bonds is 2. The second-order valence-electron chi connectivity index (χ2n) is 2.88. The lowest BCUT2D eigenvalue weighted by atomic mass is 10.1. The Hall–Kier alpha value is -1.25. The molecule has 0 N–H and O–H groups in total. The number of Topliss-reactive ketones (excluding diaryl/α,β-unsaturated/α-hetero) is 1. The smallest absolute Gasteiger partial charge is 0.183 e. The zero-order valence-electron chi connectivity index (χ0n) is 7.04. The van der Waals surface area contributed by atoms with Crippen LogP contribution < -0.4 is 0 Å². The van der Waals surface area contributed by atoms with Crippen LogP contribution in [0.15, 0.2) is 18.3 Å². The predicted molar refractivity (Wildman–Crippen MR) is 43.4 cm³/mol. The molecule has 0 atom stereocenters. The Morgan fingerprint density at radius 2 is 2.17 bits per heavy atom. The van der Waals surface area contributed by atoms with Crippen molar-refractivity contribution in [1.82, 2.24) is 4.98 Å². The molecule has 1 rings (SSSR count). The summed E-state index contributed by atoms with van der Waals surface area (Å²) in [6, 6.07) is 2.64. The number of nitrogens with zero attached hydrogens (tertiary/aromatic N) is 1. The van der Waals surface area contributed by atoms with Crippen LogP contribution in [-0.2, 0) is 0 Å². The first-order valence-corrected chi connectivity index (χ1v) is 3.77. The van der Waals surface area contributed by atoms with Gasteiger partial charge in [0.1, 0.15) is 11.5 Å². The molecule has 2 nitrogen and oxygen atoms in total. The lowest BCUT2D eigenvalue weighted by Crippen LogP contribution is -2.09. The maximum absolute atomic E-state index is 12.4. The van der Waals surface area contributed by atoms with Crippen molar-refractivity contribution in [1.29, 1.82) is 0 Å². The Morgan fingerprint density at radius 1 is 1.50 bits per heavy atom. The summed E-state index contributed by atoms with van der Waals surface area (Å²) in [5, 5.41) is 0. The van der Waals surface area contributed by atoms with E-state index in [4.69, 9.17) is 0 Å². The highest BCUT2D eigenvalue weighted by molar-refractivity contribution is 5.95. The van der Waals surface area contributed by atoms with Gasteiger partial charge in [0.05, 0.1) is 6.20 Å². The first-order valence-electron chi connectivity index (χ1n) is 3.77. The number of halogens is 1. The highest BCUT2D eigenvalue weighted by atomic mass is 19.1. The molecule has 0 aliphatic carbocycles. The fourth-order valence-electron chi connectivity index (χ4n) is 0.817. The van der Waals surface area contributed by atoms with E-state index in [0.717, 1.165) is 6.20 Å². The van der Waals surface area contributed by atoms with Crippen molar-refractivity contribution in [3.8, 4) is 0 Å². The molecule has 0 bridgehead atoms. The summed E-state index contributed by atoms with van der Waals surface area (Å²) in [6.45, 7) is 3.57. The fraction of sp³-hybridized carbons (Fsp3) is 0.333. The van der Waals surface area contributed by atoms with Gasteiger partial charge in [0, 0.05) is 5.92 Å². The van der Waals surface area contributed by atoms with E-state index in [9.17, 15) is 9.18 Å². The maximum Gasteiger partial charge on any atom is 0.183 e. The Balaban J connectivity index is 2.90. The van der Waals surface area contributed by atoms with Gasteiger partial charge in [-0.25, -0.2) is 4.39 Å². The van der Waals surface area contributed by atoms with Gasteiger partial charge in [0.15, 0.2) is 5.78 Å². The van der Waals surface area contributed by atoms with Gasteiger partial charge in [0.25, 0.3) is 0 Å².